The van der Waals surface area contributed by atoms with Gasteiger partial charge in [-0.25, -0.2) is 0 Å². The van der Waals surface area contributed by atoms with Gasteiger partial charge in [0.05, 0.1) is 12.5 Å². The second-order valence-electron chi connectivity index (χ2n) is 5.79. The van der Waals surface area contributed by atoms with Crippen molar-refractivity contribution >= 4 is 23.4 Å². The minimum atomic E-state index is 0.717. The Labute approximate surface area is 150 Å². The van der Waals surface area contributed by atoms with Crippen molar-refractivity contribution < 1.29 is 0 Å². The minimum Gasteiger partial charge on any atom is -0.288 e. The van der Waals surface area contributed by atoms with E-state index in [0.717, 1.165) is 42.1 Å². The second-order valence-corrected chi connectivity index (χ2v) is 7.14. The molecule has 6 heteroatoms. The fraction of sp³-hybridized carbons (Fsp3) is 0.222. The molecular formula is C18H17ClN4S. The van der Waals surface area contributed by atoms with Gasteiger partial charge in [0.2, 0.25) is 0 Å². The van der Waals surface area contributed by atoms with Gasteiger partial charge in [-0.2, -0.15) is 0 Å². The normalized spacial score (nSPS) is 14.5. The largest absolute Gasteiger partial charge is 0.288 e. The van der Waals surface area contributed by atoms with Crippen molar-refractivity contribution in [2.45, 2.75) is 18.2 Å². The molecule has 1 aromatic heterocycles. The molecule has 0 fully saturated rings. The van der Waals surface area contributed by atoms with Crippen molar-refractivity contribution in [2.75, 3.05) is 12.4 Å². The van der Waals surface area contributed by atoms with E-state index >= 15 is 0 Å². The number of thioether (sulfide) groups is 1. The van der Waals surface area contributed by atoms with Gasteiger partial charge >= 0.3 is 0 Å². The number of rotatable bonds is 4. The lowest BCUT2D eigenvalue weighted by Crippen LogP contribution is -2.32. The van der Waals surface area contributed by atoms with Gasteiger partial charge in [0.25, 0.3) is 0 Å². The highest BCUT2D eigenvalue weighted by Gasteiger charge is 2.22. The molecule has 24 heavy (non-hydrogen) atoms. The van der Waals surface area contributed by atoms with Gasteiger partial charge in [-0.3, -0.25) is 9.47 Å². The van der Waals surface area contributed by atoms with E-state index in [1.54, 1.807) is 11.8 Å². The number of fused-ring (bicyclic) bond motifs is 1. The summed E-state index contributed by atoms with van der Waals surface area (Å²) >= 11 is 7.85. The zero-order chi connectivity index (χ0) is 16.4. The molecule has 0 saturated heterocycles. The van der Waals surface area contributed by atoms with Crippen molar-refractivity contribution in [3.63, 3.8) is 0 Å². The quantitative estimate of drug-likeness (QED) is 0.702. The third kappa shape index (κ3) is 3.34. The van der Waals surface area contributed by atoms with Crippen LogP contribution in [0.1, 0.15) is 5.56 Å². The molecule has 122 valence electrons. The summed E-state index contributed by atoms with van der Waals surface area (Å²) in [4.78, 5) is 2.42. The summed E-state index contributed by atoms with van der Waals surface area (Å²) in [7, 11) is 0. The van der Waals surface area contributed by atoms with Crippen LogP contribution in [0.25, 0.3) is 11.4 Å². The van der Waals surface area contributed by atoms with Crippen LogP contribution in [0, 0.1) is 0 Å². The first kappa shape index (κ1) is 15.7. The van der Waals surface area contributed by atoms with Crippen molar-refractivity contribution in [1.29, 1.82) is 0 Å². The van der Waals surface area contributed by atoms with Crippen LogP contribution in [0.3, 0.4) is 0 Å². The Kier molecular flexibility index (Phi) is 4.56. The van der Waals surface area contributed by atoms with Gasteiger partial charge in [-0.15, -0.1) is 10.2 Å². The summed E-state index contributed by atoms with van der Waals surface area (Å²) in [6.45, 7) is 1.83. The fourth-order valence-electron chi connectivity index (χ4n) is 2.82. The summed E-state index contributed by atoms with van der Waals surface area (Å²) in [5.74, 6) is 1.82. The molecule has 0 spiro atoms. The van der Waals surface area contributed by atoms with Crippen molar-refractivity contribution in [3.8, 4) is 11.4 Å². The van der Waals surface area contributed by atoms with Crippen LogP contribution in [0.5, 0.6) is 0 Å². The zero-order valence-electron chi connectivity index (χ0n) is 13.1. The molecule has 0 unspecified atom stereocenters. The Morgan fingerprint density at radius 1 is 1.04 bits per heavy atom. The number of hydrogen-bond acceptors (Lipinski definition) is 4. The predicted octanol–water partition coefficient (Wildman–Crippen LogP) is 4.16. The highest BCUT2D eigenvalue weighted by molar-refractivity contribution is 7.99. The number of nitrogens with zero attached hydrogens (tertiary/aromatic N) is 4. The number of hydrogen-bond donors (Lipinski definition) is 0. The molecule has 0 amide bonds. The molecule has 1 aliphatic rings. The maximum absolute atomic E-state index is 6.12. The van der Waals surface area contributed by atoms with E-state index in [0.29, 0.717) is 5.02 Å². The average molecular weight is 357 g/mol. The van der Waals surface area contributed by atoms with Crippen LogP contribution in [0.2, 0.25) is 5.02 Å². The van der Waals surface area contributed by atoms with Crippen molar-refractivity contribution in [2.24, 2.45) is 0 Å². The SMILES string of the molecule is Clc1cccc(-c2nnc3n2CN(CCc2ccccc2)CS3)c1. The third-order valence-electron chi connectivity index (χ3n) is 4.08. The van der Waals surface area contributed by atoms with Crippen molar-refractivity contribution in [1.82, 2.24) is 19.7 Å². The van der Waals surface area contributed by atoms with E-state index in [2.05, 4.69) is 50.0 Å². The maximum atomic E-state index is 6.12. The second kappa shape index (κ2) is 6.97. The molecule has 0 N–H and O–H groups in total. The molecule has 0 aliphatic carbocycles. The molecule has 2 aromatic carbocycles. The fourth-order valence-corrected chi connectivity index (χ4v) is 3.92. The zero-order valence-corrected chi connectivity index (χ0v) is 14.7. The number of benzene rings is 2. The summed E-state index contributed by atoms with van der Waals surface area (Å²) < 4.78 is 2.17. The summed E-state index contributed by atoms with van der Waals surface area (Å²) in [5, 5.41) is 10.4. The smallest absolute Gasteiger partial charge is 0.193 e. The van der Waals surface area contributed by atoms with Crippen LogP contribution < -0.4 is 0 Å². The Morgan fingerprint density at radius 2 is 1.92 bits per heavy atom. The van der Waals surface area contributed by atoms with E-state index in [1.165, 1.54) is 5.56 Å². The van der Waals surface area contributed by atoms with Crippen LogP contribution >= 0.6 is 23.4 Å². The van der Waals surface area contributed by atoms with Gasteiger partial charge in [-0.05, 0) is 24.1 Å². The standard InChI is InChI=1S/C18H17ClN4S/c19-16-8-4-7-15(11-16)17-20-21-18-23(17)12-22(13-24-18)10-9-14-5-2-1-3-6-14/h1-8,11H,9-10,12-13H2. The molecule has 4 nitrogen and oxygen atoms in total. The summed E-state index contributed by atoms with van der Waals surface area (Å²) in [6, 6.07) is 18.4. The van der Waals surface area contributed by atoms with E-state index in [9.17, 15) is 0 Å². The first-order valence-corrected chi connectivity index (χ1v) is 9.24. The van der Waals surface area contributed by atoms with Crippen LogP contribution in [0.15, 0.2) is 59.8 Å². The van der Waals surface area contributed by atoms with E-state index in [1.807, 2.05) is 24.3 Å². The van der Waals surface area contributed by atoms with Gasteiger partial charge in [0.1, 0.15) is 0 Å². The first-order valence-electron chi connectivity index (χ1n) is 7.88. The molecule has 2 heterocycles. The summed E-state index contributed by atoms with van der Waals surface area (Å²) in [6.07, 6.45) is 1.05. The van der Waals surface area contributed by atoms with Crippen LogP contribution in [0.4, 0.5) is 0 Å². The number of halogens is 1. The molecule has 4 rings (SSSR count). The molecule has 0 radical (unpaired) electrons. The molecular weight excluding hydrogens is 340 g/mol. The lowest BCUT2D eigenvalue weighted by Gasteiger charge is -2.27. The van der Waals surface area contributed by atoms with Gasteiger partial charge in [0.15, 0.2) is 11.0 Å². The van der Waals surface area contributed by atoms with Crippen LogP contribution in [-0.4, -0.2) is 32.1 Å². The highest BCUT2D eigenvalue weighted by Crippen LogP contribution is 2.29. The van der Waals surface area contributed by atoms with Gasteiger partial charge < -0.3 is 0 Å². The topological polar surface area (TPSA) is 34.0 Å². The minimum absolute atomic E-state index is 0.717. The Morgan fingerprint density at radius 3 is 2.75 bits per heavy atom. The van der Waals surface area contributed by atoms with E-state index < -0.39 is 0 Å². The Hall–Kier alpha value is -1.82. The lowest BCUT2D eigenvalue weighted by molar-refractivity contribution is 0.242. The Bertz CT molecular complexity index is 834. The summed E-state index contributed by atoms with van der Waals surface area (Å²) in [5.41, 5.74) is 2.37. The molecule has 0 atom stereocenters. The van der Waals surface area contributed by atoms with Crippen molar-refractivity contribution in [3.05, 3.63) is 65.2 Å². The van der Waals surface area contributed by atoms with E-state index in [-0.39, 0.29) is 0 Å². The highest BCUT2D eigenvalue weighted by atomic mass is 35.5. The predicted molar refractivity (Wildman–Crippen MR) is 98.0 cm³/mol. The number of aromatic nitrogens is 3. The lowest BCUT2D eigenvalue weighted by atomic mass is 10.1. The molecule has 0 bridgehead atoms. The van der Waals surface area contributed by atoms with Crippen LogP contribution in [-0.2, 0) is 13.1 Å². The first-order chi connectivity index (χ1) is 11.8. The van der Waals surface area contributed by atoms with E-state index in [4.69, 9.17) is 11.6 Å². The van der Waals surface area contributed by atoms with Gasteiger partial charge in [0, 0.05) is 17.1 Å². The molecule has 1 aliphatic heterocycles. The monoisotopic (exact) mass is 356 g/mol. The maximum Gasteiger partial charge on any atom is 0.193 e. The third-order valence-corrected chi connectivity index (χ3v) is 5.37. The van der Waals surface area contributed by atoms with Gasteiger partial charge in [-0.1, -0.05) is 65.8 Å². The molecule has 0 saturated carbocycles. The molecule has 3 aromatic rings. The average Bonchev–Trinajstić information content (AvgIpc) is 3.04. The Balaban J connectivity index is 1.51.